The normalized spacial score (nSPS) is 11.0. The van der Waals surface area contributed by atoms with E-state index in [0.717, 1.165) is 5.56 Å². The van der Waals surface area contributed by atoms with Gasteiger partial charge >= 0.3 is 0 Å². The lowest BCUT2D eigenvalue weighted by Crippen LogP contribution is -2.19. The summed E-state index contributed by atoms with van der Waals surface area (Å²) >= 11 is 1.38. The Bertz CT molecular complexity index is 937. The number of hydrogen-bond donors (Lipinski definition) is 2. The van der Waals surface area contributed by atoms with Gasteiger partial charge < -0.3 is 5.32 Å². The molecule has 0 aliphatic carbocycles. The van der Waals surface area contributed by atoms with Gasteiger partial charge in [-0.25, -0.2) is 5.43 Å². The number of nitrogens with one attached hydrogen (secondary N) is 2. The Morgan fingerprint density at radius 2 is 1.81 bits per heavy atom. The smallest absolute Gasteiger partial charge is 0.271 e. The fraction of sp³-hybridized carbons (Fsp3) is 0.0526. The highest BCUT2D eigenvalue weighted by atomic mass is 32.1. The molecular formula is C19H16N4O2S. The minimum Gasteiger partial charge on any atom is -0.321 e. The van der Waals surface area contributed by atoms with Crippen LogP contribution in [-0.2, 0) is 0 Å². The zero-order valence-corrected chi connectivity index (χ0v) is 14.8. The van der Waals surface area contributed by atoms with E-state index >= 15 is 0 Å². The minimum atomic E-state index is -0.311. The molecule has 3 rings (SSSR count). The molecule has 0 saturated heterocycles. The van der Waals surface area contributed by atoms with E-state index in [1.807, 2.05) is 29.6 Å². The Labute approximate surface area is 154 Å². The second-order valence-corrected chi connectivity index (χ2v) is 6.33. The molecule has 7 heteroatoms. The zero-order chi connectivity index (χ0) is 18.4. The van der Waals surface area contributed by atoms with Gasteiger partial charge in [0.1, 0.15) is 0 Å². The molecule has 2 heterocycles. The number of nitrogens with zero attached hydrogens (tertiary/aromatic N) is 2. The largest absolute Gasteiger partial charge is 0.321 e. The minimum absolute atomic E-state index is 0.155. The van der Waals surface area contributed by atoms with Crippen LogP contribution in [0.2, 0.25) is 0 Å². The highest BCUT2D eigenvalue weighted by Crippen LogP contribution is 2.15. The van der Waals surface area contributed by atoms with Crippen LogP contribution in [0.4, 0.5) is 5.69 Å². The molecular weight excluding hydrogens is 348 g/mol. The van der Waals surface area contributed by atoms with E-state index < -0.39 is 0 Å². The molecule has 26 heavy (non-hydrogen) atoms. The molecule has 0 aliphatic rings. The van der Waals surface area contributed by atoms with Crippen LogP contribution in [0.3, 0.4) is 0 Å². The van der Waals surface area contributed by atoms with Gasteiger partial charge in [0.2, 0.25) is 0 Å². The summed E-state index contributed by atoms with van der Waals surface area (Å²) in [5.41, 5.74) is 5.08. The number of amides is 2. The van der Waals surface area contributed by atoms with E-state index in [0.29, 0.717) is 21.8 Å². The third-order valence-corrected chi connectivity index (χ3v) is 4.42. The predicted molar refractivity (Wildman–Crippen MR) is 103 cm³/mol. The van der Waals surface area contributed by atoms with Gasteiger partial charge in [0.25, 0.3) is 11.8 Å². The van der Waals surface area contributed by atoms with E-state index in [9.17, 15) is 9.59 Å². The van der Waals surface area contributed by atoms with E-state index in [1.165, 1.54) is 11.3 Å². The number of carbonyl (C=O) groups is 2. The summed E-state index contributed by atoms with van der Waals surface area (Å²) in [7, 11) is 0. The van der Waals surface area contributed by atoms with Crippen molar-refractivity contribution in [1.29, 1.82) is 0 Å². The molecule has 6 nitrogen and oxygen atoms in total. The average Bonchev–Trinajstić information content (AvgIpc) is 3.22. The van der Waals surface area contributed by atoms with Crippen LogP contribution in [0.15, 0.2) is 71.4 Å². The van der Waals surface area contributed by atoms with Gasteiger partial charge in [-0.15, -0.1) is 11.3 Å². The second kappa shape index (κ2) is 8.17. The van der Waals surface area contributed by atoms with Gasteiger partial charge in [-0.3, -0.25) is 14.6 Å². The maximum absolute atomic E-state index is 12.1. The van der Waals surface area contributed by atoms with Crippen molar-refractivity contribution in [3.05, 3.63) is 82.3 Å². The van der Waals surface area contributed by atoms with Gasteiger partial charge in [0, 0.05) is 23.6 Å². The molecule has 0 radical (unpaired) electrons. The fourth-order valence-electron chi connectivity index (χ4n) is 2.19. The molecule has 0 saturated carbocycles. The molecule has 130 valence electrons. The van der Waals surface area contributed by atoms with Crippen molar-refractivity contribution in [2.75, 3.05) is 5.32 Å². The standard InChI is InChI=1S/C19H16N4O2S/c1-13(22-23-18(24)14-7-9-20-10-8-14)15-4-2-5-16(12-15)21-19(25)17-6-3-11-26-17/h2-12H,1H3,(H,21,25)(H,23,24)/b22-13+. The fourth-order valence-corrected chi connectivity index (χ4v) is 2.81. The maximum Gasteiger partial charge on any atom is 0.271 e. The highest BCUT2D eigenvalue weighted by Gasteiger charge is 2.08. The third kappa shape index (κ3) is 4.40. The van der Waals surface area contributed by atoms with Crippen molar-refractivity contribution < 1.29 is 9.59 Å². The molecule has 2 N–H and O–H groups in total. The van der Waals surface area contributed by atoms with E-state index in [4.69, 9.17) is 0 Å². The SMILES string of the molecule is C/C(=N\NC(=O)c1ccncc1)c1cccc(NC(=O)c2cccs2)c1. The molecule has 3 aromatic rings. The average molecular weight is 364 g/mol. The van der Waals surface area contributed by atoms with Crippen LogP contribution >= 0.6 is 11.3 Å². The highest BCUT2D eigenvalue weighted by molar-refractivity contribution is 7.12. The van der Waals surface area contributed by atoms with Gasteiger partial charge in [-0.1, -0.05) is 18.2 Å². The molecule has 0 atom stereocenters. The van der Waals surface area contributed by atoms with Gasteiger partial charge in [0.15, 0.2) is 0 Å². The van der Waals surface area contributed by atoms with Crippen molar-refractivity contribution in [2.24, 2.45) is 5.10 Å². The first-order chi connectivity index (χ1) is 12.6. The number of hydrogen-bond acceptors (Lipinski definition) is 5. The molecule has 0 fully saturated rings. The number of anilines is 1. The first-order valence-corrected chi connectivity index (χ1v) is 8.71. The Morgan fingerprint density at radius 3 is 2.54 bits per heavy atom. The zero-order valence-electron chi connectivity index (χ0n) is 14.0. The summed E-state index contributed by atoms with van der Waals surface area (Å²) in [6.07, 6.45) is 3.09. The number of carbonyl (C=O) groups excluding carboxylic acids is 2. The molecule has 0 bridgehead atoms. The lowest BCUT2D eigenvalue weighted by atomic mass is 10.1. The molecule has 0 aliphatic heterocycles. The predicted octanol–water partition coefficient (Wildman–Crippen LogP) is 3.55. The van der Waals surface area contributed by atoms with Gasteiger partial charge in [-0.05, 0) is 48.2 Å². The van der Waals surface area contributed by atoms with E-state index in [-0.39, 0.29) is 11.8 Å². The van der Waals surface area contributed by atoms with Crippen molar-refractivity contribution in [1.82, 2.24) is 10.4 Å². The first kappa shape index (κ1) is 17.5. The van der Waals surface area contributed by atoms with Crippen LogP contribution in [0, 0.1) is 0 Å². The van der Waals surface area contributed by atoms with Gasteiger partial charge in [0.05, 0.1) is 10.6 Å². The van der Waals surface area contributed by atoms with Crippen LogP contribution < -0.4 is 10.7 Å². The topological polar surface area (TPSA) is 83.4 Å². The second-order valence-electron chi connectivity index (χ2n) is 5.39. The summed E-state index contributed by atoms with van der Waals surface area (Å²) in [5.74, 6) is -0.466. The summed E-state index contributed by atoms with van der Waals surface area (Å²) in [4.78, 5) is 28.7. The Kier molecular flexibility index (Phi) is 5.50. The number of thiophene rings is 1. The number of benzene rings is 1. The van der Waals surface area contributed by atoms with Crippen molar-refractivity contribution in [3.8, 4) is 0 Å². The van der Waals surface area contributed by atoms with Crippen LogP contribution in [0.25, 0.3) is 0 Å². The van der Waals surface area contributed by atoms with E-state index in [2.05, 4.69) is 20.8 Å². The lowest BCUT2D eigenvalue weighted by Gasteiger charge is -2.07. The Morgan fingerprint density at radius 1 is 1.00 bits per heavy atom. The summed E-state index contributed by atoms with van der Waals surface area (Å²) in [6.45, 7) is 1.78. The van der Waals surface area contributed by atoms with Crippen LogP contribution in [0.1, 0.15) is 32.5 Å². The molecule has 2 aromatic heterocycles. The van der Waals surface area contributed by atoms with Gasteiger partial charge in [-0.2, -0.15) is 5.10 Å². The van der Waals surface area contributed by atoms with Crippen LogP contribution in [-0.4, -0.2) is 22.5 Å². The molecule has 2 amide bonds. The van der Waals surface area contributed by atoms with E-state index in [1.54, 1.807) is 43.6 Å². The molecule has 0 unspecified atom stereocenters. The number of aromatic nitrogens is 1. The third-order valence-electron chi connectivity index (χ3n) is 3.55. The Hall–Kier alpha value is -3.32. The summed E-state index contributed by atoms with van der Waals surface area (Å²) in [6, 6.07) is 14.1. The monoisotopic (exact) mass is 364 g/mol. The number of hydrazone groups is 1. The number of pyridine rings is 1. The van der Waals surface area contributed by atoms with Crippen molar-refractivity contribution in [3.63, 3.8) is 0 Å². The lowest BCUT2D eigenvalue weighted by molar-refractivity contribution is 0.0954. The van der Waals surface area contributed by atoms with Crippen molar-refractivity contribution in [2.45, 2.75) is 6.92 Å². The Balaban J connectivity index is 1.68. The quantitative estimate of drug-likeness (QED) is 0.536. The summed E-state index contributed by atoms with van der Waals surface area (Å²) in [5, 5.41) is 8.83. The van der Waals surface area contributed by atoms with Crippen molar-refractivity contribution >= 4 is 34.6 Å². The molecule has 1 aromatic carbocycles. The first-order valence-electron chi connectivity index (χ1n) is 7.83. The maximum atomic E-state index is 12.1. The summed E-state index contributed by atoms with van der Waals surface area (Å²) < 4.78 is 0. The molecule has 0 spiro atoms. The van der Waals surface area contributed by atoms with Crippen LogP contribution in [0.5, 0.6) is 0 Å². The number of rotatable bonds is 5.